The van der Waals surface area contributed by atoms with Gasteiger partial charge in [-0.15, -0.1) is 49.3 Å². The molecule has 10 heteroatoms. The highest BCUT2D eigenvalue weighted by molar-refractivity contribution is 7.16. The normalized spacial score (nSPS) is 16.3. The summed E-state index contributed by atoms with van der Waals surface area (Å²) in [6.45, 7) is 3.48. The zero-order valence-corrected chi connectivity index (χ0v) is 16.7. The second-order valence-corrected chi connectivity index (χ2v) is 7.19. The molecule has 0 aliphatic carbocycles. The van der Waals surface area contributed by atoms with Crippen LogP contribution < -0.4 is 10.1 Å². The van der Waals surface area contributed by atoms with E-state index in [1.54, 1.807) is 12.1 Å². The summed E-state index contributed by atoms with van der Waals surface area (Å²) in [5.74, 6) is -0.213. The van der Waals surface area contributed by atoms with Crippen LogP contribution in [0.4, 0.5) is 13.2 Å². The van der Waals surface area contributed by atoms with Gasteiger partial charge in [0.15, 0.2) is 0 Å². The van der Waals surface area contributed by atoms with Crippen LogP contribution in [0.1, 0.15) is 16.5 Å². The Hall–Kier alpha value is -0.700. The Bertz CT molecular complexity index is 676. The lowest BCUT2D eigenvalue weighted by atomic mass is 10.0. The number of nitrogens with one attached hydrogen (secondary N) is 1. The Labute approximate surface area is 171 Å². The predicted molar refractivity (Wildman–Crippen MR) is 103 cm³/mol. The summed E-state index contributed by atoms with van der Waals surface area (Å²) in [5.41, 5.74) is 0.921. The van der Waals surface area contributed by atoms with Crippen LogP contribution >= 0.6 is 47.8 Å². The smallest absolute Gasteiger partial charge is 0.406 e. The first-order valence-corrected chi connectivity index (χ1v) is 8.67. The first-order valence-electron chi connectivity index (χ1n) is 7.48. The lowest BCUT2D eigenvalue weighted by Gasteiger charge is -2.34. The molecule has 1 saturated heterocycles. The van der Waals surface area contributed by atoms with Gasteiger partial charge in [-0.3, -0.25) is 4.90 Å². The quantitative estimate of drug-likeness (QED) is 0.699. The van der Waals surface area contributed by atoms with E-state index < -0.39 is 6.36 Å². The van der Waals surface area contributed by atoms with Crippen molar-refractivity contribution in [1.82, 2.24) is 10.2 Å². The van der Waals surface area contributed by atoms with Gasteiger partial charge in [0.1, 0.15) is 5.75 Å². The molecule has 0 bridgehead atoms. The standard InChI is InChI=1S/C16H16ClF3N2OS.2ClH/c17-14-6-5-13(24-14)15(22-9-7-21-8-10-22)11-1-3-12(4-2-11)23-16(18,19)20;;/h1-6,15,21H,7-10H2;2*1H/t15-;;/m1../s1. The number of benzene rings is 1. The number of thiophene rings is 1. The van der Waals surface area contributed by atoms with Crippen molar-refractivity contribution in [3.05, 3.63) is 51.2 Å². The average molecular weight is 450 g/mol. The zero-order chi connectivity index (χ0) is 17.2. The number of alkyl halides is 3. The molecule has 1 aliphatic rings. The number of ether oxygens (including phenoxy) is 1. The Morgan fingerprint density at radius 2 is 1.65 bits per heavy atom. The monoisotopic (exact) mass is 448 g/mol. The molecule has 1 aromatic heterocycles. The third kappa shape index (κ3) is 6.18. The fourth-order valence-corrected chi connectivity index (χ4v) is 4.05. The van der Waals surface area contributed by atoms with Gasteiger partial charge < -0.3 is 10.1 Å². The summed E-state index contributed by atoms with van der Waals surface area (Å²) in [6.07, 6.45) is -4.68. The maximum atomic E-state index is 12.3. The SMILES string of the molecule is Cl.Cl.FC(F)(F)Oc1ccc([C@H](c2ccc(Cl)s2)N2CCNCC2)cc1. The zero-order valence-electron chi connectivity index (χ0n) is 13.5. The van der Waals surface area contributed by atoms with Crippen molar-refractivity contribution in [2.45, 2.75) is 12.4 Å². The van der Waals surface area contributed by atoms with E-state index in [0.29, 0.717) is 4.34 Å². The highest BCUT2D eigenvalue weighted by Crippen LogP contribution is 2.36. The molecule has 3 rings (SSSR count). The maximum absolute atomic E-state index is 12.3. The van der Waals surface area contributed by atoms with Crippen molar-refractivity contribution >= 4 is 47.8 Å². The van der Waals surface area contributed by atoms with E-state index in [-0.39, 0.29) is 36.6 Å². The number of piperazine rings is 1. The lowest BCUT2D eigenvalue weighted by Crippen LogP contribution is -2.45. The number of nitrogens with zero attached hydrogens (tertiary/aromatic N) is 1. The molecule has 1 fully saturated rings. The van der Waals surface area contributed by atoms with Crippen molar-refractivity contribution in [2.75, 3.05) is 26.2 Å². The molecule has 1 atom stereocenters. The predicted octanol–water partition coefficient (Wildman–Crippen LogP) is 5.14. The molecule has 2 aromatic rings. The molecule has 0 amide bonds. The summed E-state index contributed by atoms with van der Waals surface area (Å²) in [6, 6.07) is 9.87. The molecule has 1 aliphatic heterocycles. The van der Waals surface area contributed by atoms with Crippen LogP contribution in [0.25, 0.3) is 0 Å². The molecule has 0 radical (unpaired) electrons. The summed E-state index contributed by atoms with van der Waals surface area (Å²) < 4.78 is 41.6. The van der Waals surface area contributed by atoms with Crippen molar-refractivity contribution in [1.29, 1.82) is 0 Å². The van der Waals surface area contributed by atoms with Crippen LogP contribution in [0.2, 0.25) is 4.34 Å². The van der Waals surface area contributed by atoms with Gasteiger partial charge in [-0.2, -0.15) is 0 Å². The van der Waals surface area contributed by atoms with Crippen molar-refractivity contribution < 1.29 is 17.9 Å². The van der Waals surface area contributed by atoms with Gasteiger partial charge in [0.2, 0.25) is 0 Å². The highest BCUT2D eigenvalue weighted by atomic mass is 35.5. The molecule has 146 valence electrons. The van der Waals surface area contributed by atoms with Crippen molar-refractivity contribution in [2.24, 2.45) is 0 Å². The highest BCUT2D eigenvalue weighted by Gasteiger charge is 2.31. The van der Waals surface area contributed by atoms with Crippen molar-refractivity contribution in [3.8, 4) is 5.75 Å². The van der Waals surface area contributed by atoms with E-state index >= 15 is 0 Å². The topological polar surface area (TPSA) is 24.5 Å². The molecule has 1 aromatic carbocycles. The third-order valence-corrected chi connectivity index (χ3v) is 5.09. The minimum atomic E-state index is -4.68. The summed E-state index contributed by atoms with van der Waals surface area (Å²) in [5, 5.41) is 3.30. The van der Waals surface area contributed by atoms with E-state index in [9.17, 15) is 13.2 Å². The number of hydrogen-bond donors (Lipinski definition) is 1. The fourth-order valence-electron chi connectivity index (χ4n) is 2.82. The number of hydrogen-bond acceptors (Lipinski definition) is 4. The third-order valence-electron chi connectivity index (χ3n) is 3.81. The van der Waals surface area contributed by atoms with Crippen LogP contribution in [0.3, 0.4) is 0 Å². The molecule has 0 spiro atoms. The number of rotatable bonds is 4. The largest absolute Gasteiger partial charge is 0.573 e. The molecular weight excluding hydrogens is 432 g/mol. The first kappa shape index (κ1) is 23.3. The molecular formula is C16H18Cl3F3N2OS. The van der Waals surface area contributed by atoms with E-state index in [4.69, 9.17) is 11.6 Å². The molecule has 0 saturated carbocycles. The summed E-state index contributed by atoms with van der Waals surface area (Å²) >= 11 is 7.56. The van der Waals surface area contributed by atoms with Crippen LogP contribution in [0.5, 0.6) is 5.75 Å². The number of halogens is 6. The Morgan fingerprint density at radius 3 is 2.15 bits per heavy atom. The van der Waals surface area contributed by atoms with Gasteiger partial charge in [0.05, 0.1) is 10.4 Å². The van der Waals surface area contributed by atoms with Gasteiger partial charge in [0.25, 0.3) is 0 Å². The second kappa shape index (κ2) is 10.0. The molecule has 1 N–H and O–H groups in total. The minimum Gasteiger partial charge on any atom is -0.406 e. The molecule has 26 heavy (non-hydrogen) atoms. The summed E-state index contributed by atoms with van der Waals surface area (Å²) in [4.78, 5) is 3.38. The fraction of sp³-hybridized carbons (Fsp3) is 0.375. The molecule has 0 unspecified atom stereocenters. The maximum Gasteiger partial charge on any atom is 0.573 e. The minimum absolute atomic E-state index is 0. The van der Waals surface area contributed by atoms with E-state index in [1.165, 1.54) is 23.5 Å². The van der Waals surface area contributed by atoms with Gasteiger partial charge in [0, 0.05) is 31.1 Å². The Morgan fingerprint density at radius 1 is 1.04 bits per heavy atom. The van der Waals surface area contributed by atoms with Crippen LogP contribution in [-0.4, -0.2) is 37.4 Å². The van der Waals surface area contributed by atoms with Crippen LogP contribution in [0, 0.1) is 0 Å². The van der Waals surface area contributed by atoms with Crippen LogP contribution in [-0.2, 0) is 0 Å². The van der Waals surface area contributed by atoms with Gasteiger partial charge in [-0.25, -0.2) is 0 Å². The Balaban J connectivity index is 0.00000169. The lowest BCUT2D eigenvalue weighted by molar-refractivity contribution is -0.274. The second-order valence-electron chi connectivity index (χ2n) is 5.45. The first-order chi connectivity index (χ1) is 11.4. The van der Waals surface area contributed by atoms with Crippen molar-refractivity contribution in [3.63, 3.8) is 0 Å². The average Bonchev–Trinajstić information content (AvgIpc) is 2.95. The summed E-state index contributed by atoms with van der Waals surface area (Å²) in [7, 11) is 0. The van der Waals surface area contributed by atoms with E-state index in [2.05, 4.69) is 15.0 Å². The van der Waals surface area contributed by atoms with Crippen LogP contribution in [0.15, 0.2) is 36.4 Å². The van der Waals surface area contributed by atoms with Gasteiger partial charge in [-0.1, -0.05) is 23.7 Å². The van der Waals surface area contributed by atoms with Gasteiger partial charge in [-0.05, 0) is 29.8 Å². The molecule has 2 heterocycles. The van der Waals surface area contributed by atoms with E-state index in [0.717, 1.165) is 36.6 Å². The van der Waals surface area contributed by atoms with Gasteiger partial charge >= 0.3 is 6.36 Å². The van der Waals surface area contributed by atoms with E-state index in [1.807, 2.05) is 12.1 Å². The molecule has 3 nitrogen and oxygen atoms in total. The Kier molecular flexibility index (Phi) is 8.99.